The molecule has 1 atom stereocenters. The summed E-state index contributed by atoms with van der Waals surface area (Å²) in [6.07, 6.45) is 7.45. The minimum absolute atomic E-state index is 0. The molecule has 0 aromatic heterocycles. The minimum Gasteiger partial charge on any atom is -0.494 e. The number of hydrogen-bond donors (Lipinski definition) is 1. The lowest BCUT2D eigenvalue weighted by molar-refractivity contribution is -0.113. The van der Waals surface area contributed by atoms with Gasteiger partial charge in [-0.1, -0.05) is 73.4 Å². The molecule has 0 aliphatic rings. The van der Waals surface area contributed by atoms with E-state index in [0.29, 0.717) is 12.8 Å². The lowest BCUT2D eigenvalue weighted by Crippen LogP contribution is -2.49. The first-order valence-electron chi connectivity index (χ1n) is 11.4. The number of carbonyl (C=O) groups is 2. The molecule has 32 heavy (non-hydrogen) atoms. The van der Waals surface area contributed by atoms with Gasteiger partial charge in [0.1, 0.15) is 17.6 Å². The van der Waals surface area contributed by atoms with Gasteiger partial charge in [0, 0.05) is 0 Å². The van der Waals surface area contributed by atoms with Gasteiger partial charge in [-0.25, -0.2) is 4.79 Å². The fourth-order valence-corrected chi connectivity index (χ4v) is 2.74. The Labute approximate surface area is 198 Å². The summed E-state index contributed by atoms with van der Waals surface area (Å²) in [5, 5.41) is 2.68. The number of aryl methyl sites for hydroxylation is 1. The number of amides is 1. The van der Waals surface area contributed by atoms with Crippen LogP contribution in [0.2, 0.25) is 0 Å². The molecule has 0 fully saturated rings. The first-order chi connectivity index (χ1) is 14.2. The van der Waals surface area contributed by atoms with E-state index in [1.165, 1.54) is 25.7 Å². The molecule has 0 bridgehead atoms. The first-order valence-corrected chi connectivity index (χ1v) is 11.4. The van der Waals surface area contributed by atoms with E-state index < -0.39 is 17.2 Å². The average Bonchev–Trinajstić information content (AvgIpc) is 2.70. The van der Waals surface area contributed by atoms with Crippen molar-refractivity contribution in [2.24, 2.45) is 0 Å². The first kappa shape index (κ1) is 34.6. The Hall–Kier alpha value is -2.04. The normalized spacial score (nSPS) is 12.0. The highest BCUT2D eigenvalue weighted by molar-refractivity contribution is 5.76. The van der Waals surface area contributed by atoms with Gasteiger partial charge >= 0.3 is 6.09 Å². The van der Waals surface area contributed by atoms with Crippen LogP contribution in [0.25, 0.3) is 0 Å². The highest BCUT2D eigenvalue weighted by Crippen LogP contribution is 2.18. The van der Waals surface area contributed by atoms with E-state index in [9.17, 15) is 9.59 Å². The van der Waals surface area contributed by atoms with E-state index in [2.05, 4.69) is 12.2 Å². The molecule has 0 aliphatic carbocycles. The Morgan fingerprint density at radius 1 is 0.969 bits per heavy atom. The smallest absolute Gasteiger partial charge is 0.408 e. The Morgan fingerprint density at radius 2 is 1.53 bits per heavy atom. The van der Waals surface area contributed by atoms with Crippen molar-refractivity contribution in [3.63, 3.8) is 0 Å². The van der Waals surface area contributed by atoms with Crippen LogP contribution < -0.4 is 10.1 Å². The molecule has 1 N–H and O–H groups in total. The molecule has 0 saturated heterocycles. The lowest BCUT2D eigenvalue weighted by Gasteiger charge is -2.27. The molecule has 1 aromatic rings. The minimum atomic E-state index is -0.962. The number of benzene rings is 1. The Morgan fingerprint density at radius 3 is 2.03 bits per heavy atom. The summed E-state index contributed by atoms with van der Waals surface area (Å²) in [5.41, 5.74) is -0.468. The molecule has 0 aliphatic heterocycles. The van der Waals surface area contributed by atoms with E-state index in [1.807, 2.05) is 38.1 Å². The summed E-state index contributed by atoms with van der Waals surface area (Å²) < 4.78 is 11.0. The van der Waals surface area contributed by atoms with Crippen LogP contribution in [0.15, 0.2) is 24.3 Å². The van der Waals surface area contributed by atoms with E-state index in [0.717, 1.165) is 30.6 Å². The highest BCUT2D eigenvalue weighted by Gasteiger charge is 2.28. The van der Waals surface area contributed by atoms with Crippen LogP contribution in [0.1, 0.15) is 107 Å². The maximum Gasteiger partial charge on any atom is 0.408 e. The summed E-state index contributed by atoms with van der Waals surface area (Å²) in [6, 6.07) is 7.93. The molecule has 1 unspecified atom stereocenters. The molecule has 5 heteroatoms. The monoisotopic (exact) mass is 453 g/mol. The number of alkyl carbamates (subject to hydrolysis) is 1. The Bertz CT molecular complexity index is 593. The van der Waals surface area contributed by atoms with Gasteiger partial charge in [0.25, 0.3) is 0 Å². The predicted molar refractivity (Wildman–Crippen MR) is 138 cm³/mol. The van der Waals surface area contributed by atoms with Gasteiger partial charge < -0.3 is 19.6 Å². The number of unbranched alkanes of at least 4 members (excludes halogenated alkanes) is 4. The summed E-state index contributed by atoms with van der Waals surface area (Å²) in [7, 11) is 0. The quantitative estimate of drug-likeness (QED) is 0.259. The molecular weight excluding hydrogens is 402 g/mol. The maximum atomic E-state index is 12.0. The van der Waals surface area contributed by atoms with Crippen LogP contribution in [0.4, 0.5) is 4.79 Å². The summed E-state index contributed by atoms with van der Waals surface area (Å²) >= 11 is 0. The molecule has 5 nitrogen and oxygen atoms in total. The third-order valence-corrected chi connectivity index (χ3v) is 4.42. The molecular formula is C27H51NO4. The third-order valence-electron chi connectivity index (χ3n) is 4.42. The SMILES string of the molecule is C.C.CC.CCCCCCCOc1ccc(CCC(C)(C=O)NC(=O)OC(C)(C)C)cc1. The van der Waals surface area contributed by atoms with Crippen LogP contribution in [0, 0.1) is 0 Å². The zero-order valence-electron chi connectivity index (χ0n) is 20.2. The van der Waals surface area contributed by atoms with Crippen LogP contribution >= 0.6 is 0 Å². The van der Waals surface area contributed by atoms with Gasteiger partial charge in [-0.15, -0.1) is 0 Å². The summed E-state index contributed by atoms with van der Waals surface area (Å²) in [6.45, 7) is 14.0. The number of hydrogen-bond acceptors (Lipinski definition) is 4. The molecule has 0 saturated carbocycles. The molecule has 0 radical (unpaired) electrons. The lowest BCUT2D eigenvalue weighted by atomic mass is 9.95. The number of aldehydes is 1. The van der Waals surface area contributed by atoms with Crippen molar-refractivity contribution in [1.29, 1.82) is 0 Å². The van der Waals surface area contributed by atoms with Crippen LogP contribution in [-0.2, 0) is 16.0 Å². The Balaban J connectivity index is -0.00000204. The standard InChI is InChI=1S/C23H37NO4.C2H6.2CH4/c1-6-7-8-9-10-17-27-20-13-11-19(12-14-20)15-16-23(5,18-25)24-21(26)28-22(2,3)4;1-2;;/h11-14,18H,6-10,15-17H2,1-5H3,(H,24,26);1-2H3;2*1H4. The van der Waals surface area contributed by atoms with Gasteiger partial charge in [0.15, 0.2) is 0 Å². The summed E-state index contributed by atoms with van der Waals surface area (Å²) in [5.74, 6) is 0.865. The fourth-order valence-electron chi connectivity index (χ4n) is 2.74. The van der Waals surface area contributed by atoms with Crippen molar-refractivity contribution >= 4 is 12.4 Å². The van der Waals surface area contributed by atoms with E-state index in [1.54, 1.807) is 27.7 Å². The van der Waals surface area contributed by atoms with Crippen molar-refractivity contribution in [3.05, 3.63) is 29.8 Å². The number of ether oxygens (including phenoxy) is 2. The zero-order chi connectivity index (χ0) is 23.0. The molecule has 188 valence electrons. The van der Waals surface area contributed by atoms with E-state index in [-0.39, 0.29) is 14.9 Å². The number of rotatable bonds is 12. The van der Waals surface area contributed by atoms with E-state index in [4.69, 9.17) is 9.47 Å². The second-order valence-corrected chi connectivity index (χ2v) is 8.57. The molecule has 0 heterocycles. The number of carbonyl (C=O) groups excluding carboxylic acids is 2. The topological polar surface area (TPSA) is 64.6 Å². The summed E-state index contributed by atoms with van der Waals surface area (Å²) in [4.78, 5) is 23.5. The highest BCUT2D eigenvalue weighted by atomic mass is 16.6. The Kier molecular flexibility index (Phi) is 20.0. The maximum absolute atomic E-state index is 12.0. The van der Waals surface area contributed by atoms with Gasteiger partial charge in [0.05, 0.1) is 12.1 Å². The molecule has 1 rings (SSSR count). The van der Waals surface area contributed by atoms with Crippen molar-refractivity contribution < 1.29 is 19.1 Å². The van der Waals surface area contributed by atoms with Crippen molar-refractivity contribution in [3.8, 4) is 5.75 Å². The zero-order valence-corrected chi connectivity index (χ0v) is 20.2. The fraction of sp³-hybridized carbons (Fsp3) is 0.704. The van der Waals surface area contributed by atoms with Crippen molar-refractivity contribution in [1.82, 2.24) is 5.32 Å². The van der Waals surface area contributed by atoms with Gasteiger partial charge in [-0.05, 0) is 64.7 Å². The van der Waals surface area contributed by atoms with Gasteiger partial charge in [0.2, 0.25) is 0 Å². The van der Waals surface area contributed by atoms with Crippen molar-refractivity contribution in [2.75, 3.05) is 6.61 Å². The van der Waals surface area contributed by atoms with Crippen molar-refractivity contribution in [2.45, 2.75) is 119 Å². The van der Waals surface area contributed by atoms with E-state index >= 15 is 0 Å². The average molecular weight is 454 g/mol. The molecule has 0 spiro atoms. The second kappa shape index (κ2) is 18.5. The van der Waals surface area contributed by atoms with Gasteiger partial charge in [-0.2, -0.15) is 0 Å². The number of nitrogens with one attached hydrogen (secondary N) is 1. The molecule has 1 aromatic carbocycles. The second-order valence-electron chi connectivity index (χ2n) is 8.57. The van der Waals surface area contributed by atoms with Crippen LogP contribution in [0.3, 0.4) is 0 Å². The van der Waals surface area contributed by atoms with Crippen LogP contribution in [-0.4, -0.2) is 30.1 Å². The van der Waals surface area contributed by atoms with Crippen LogP contribution in [0.5, 0.6) is 5.75 Å². The predicted octanol–water partition coefficient (Wildman–Crippen LogP) is 7.75. The largest absolute Gasteiger partial charge is 0.494 e. The molecule has 1 amide bonds. The third kappa shape index (κ3) is 16.6. The van der Waals surface area contributed by atoms with Gasteiger partial charge in [-0.3, -0.25) is 0 Å².